The highest BCUT2D eigenvalue weighted by Gasteiger charge is 2.18. The highest BCUT2D eigenvalue weighted by molar-refractivity contribution is 6.36. The highest BCUT2D eigenvalue weighted by atomic mass is 35.5. The SMILES string of the molecule is O=C(O)NCCC(=O)c1c(Cl)ccc(Cl)c1F. The Hall–Kier alpha value is -1.33. The van der Waals surface area contributed by atoms with Gasteiger partial charge in [0, 0.05) is 13.0 Å². The van der Waals surface area contributed by atoms with Crippen LogP contribution in [0, 0.1) is 5.82 Å². The van der Waals surface area contributed by atoms with Crippen molar-refractivity contribution in [1.29, 1.82) is 0 Å². The molecule has 17 heavy (non-hydrogen) atoms. The number of carboxylic acid groups (broad SMARTS) is 1. The van der Waals surface area contributed by atoms with E-state index in [2.05, 4.69) is 0 Å². The zero-order valence-corrected chi connectivity index (χ0v) is 9.98. The molecule has 0 atom stereocenters. The number of ketones is 1. The van der Waals surface area contributed by atoms with Crippen LogP contribution in [0.1, 0.15) is 16.8 Å². The topological polar surface area (TPSA) is 66.4 Å². The van der Waals surface area contributed by atoms with Crippen molar-refractivity contribution in [3.8, 4) is 0 Å². The Morgan fingerprint density at radius 3 is 2.47 bits per heavy atom. The monoisotopic (exact) mass is 279 g/mol. The van der Waals surface area contributed by atoms with Crippen molar-refractivity contribution in [2.24, 2.45) is 0 Å². The van der Waals surface area contributed by atoms with E-state index in [4.69, 9.17) is 28.3 Å². The molecule has 1 amide bonds. The van der Waals surface area contributed by atoms with Gasteiger partial charge in [0.2, 0.25) is 0 Å². The molecule has 92 valence electrons. The van der Waals surface area contributed by atoms with Gasteiger partial charge in [-0.2, -0.15) is 0 Å². The normalized spacial score (nSPS) is 10.1. The number of nitrogens with one attached hydrogen (secondary N) is 1. The Morgan fingerprint density at radius 2 is 1.88 bits per heavy atom. The number of hydrogen-bond donors (Lipinski definition) is 2. The lowest BCUT2D eigenvalue weighted by atomic mass is 10.1. The number of benzene rings is 1. The predicted octanol–water partition coefficient (Wildman–Crippen LogP) is 2.97. The summed E-state index contributed by atoms with van der Waals surface area (Å²) in [6, 6.07) is 2.55. The Bertz CT molecular complexity index is 465. The van der Waals surface area contributed by atoms with E-state index in [1.54, 1.807) is 0 Å². The minimum atomic E-state index is -1.25. The van der Waals surface area contributed by atoms with Gasteiger partial charge in [-0.1, -0.05) is 23.2 Å². The van der Waals surface area contributed by atoms with Gasteiger partial charge in [-0.25, -0.2) is 9.18 Å². The molecule has 4 nitrogen and oxygen atoms in total. The van der Waals surface area contributed by atoms with Crippen LogP contribution < -0.4 is 5.32 Å². The van der Waals surface area contributed by atoms with Gasteiger partial charge in [0.1, 0.15) is 0 Å². The van der Waals surface area contributed by atoms with Crippen LogP contribution in [0.4, 0.5) is 9.18 Å². The number of halogens is 3. The number of rotatable bonds is 4. The fourth-order valence-corrected chi connectivity index (χ4v) is 1.60. The summed E-state index contributed by atoms with van der Waals surface area (Å²) in [5, 5.41) is 10.1. The van der Waals surface area contributed by atoms with E-state index in [9.17, 15) is 14.0 Å². The first-order chi connectivity index (χ1) is 7.93. The standard InChI is InChI=1S/C10H8Cl2FNO3/c11-5-1-2-6(12)9(13)8(5)7(15)3-4-14-10(16)17/h1-2,14H,3-4H2,(H,16,17). The predicted molar refractivity (Wildman–Crippen MR) is 61.4 cm³/mol. The summed E-state index contributed by atoms with van der Waals surface area (Å²) in [5.41, 5.74) is -0.314. The molecule has 0 aromatic heterocycles. The molecule has 0 aliphatic rings. The molecule has 0 radical (unpaired) electrons. The van der Waals surface area contributed by atoms with Crippen LogP contribution in [-0.2, 0) is 0 Å². The molecule has 0 aliphatic heterocycles. The van der Waals surface area contributed by atoms with Crippen LogP contribution in [-0.4, -0.2) is 23.5 Å². The summed E-state index contributed by atoms with van der Waals surface area (Å²) >= 11 is 11.2. The first-order valence-corrected chi connectivity index (χ1v) is 5.32. The van der Waals surface area contributed by atoms with Crippen molar-refractivity contribution >= 4 is 35.1 Å². The Morgan fingerprint density at radius 1 is 1.29 bits per heavy atom. The van der Waals surface area contributed by atoms with E-state index in [1.807, 2.05) is 5.32 Å². The Balaban J connectivity index is 2.82. The van der Waals surface area contributed by atoms with Crippen LogP contribution in [0.25, 0.3) is 0 Å². The van der Waals surface area contributed by atoms with E-state index in [-0.39, 0.29) is 28.6 Å². The smallest absolute Gasteiger partial charge is 0.404 e. The molecule has 0 fully saturated rings. The molecule has 0 unspecified atom stereocenters. The fourth-order valence-electron chi connectivity index (χ4n) is 1.19. The lowest BCUT2D eigenvalue weighted by Gasteiger charge is -2.06. The fraction of sp³-hybridized carbons (Fsp3) is 0.200. The molecule has 1 rings (SSSR count). The maximum absolute atomic E-state index is 13.5. The third-order valence-electron chi connectivity index (χ3n) is 1.95. The number of carbonyl (C=O) groups excluding carboxylic acids is 1. The van der Waals surface area contributed by atoms with Gasteiger partial charge in [0.25, 0.3) is 0 Å². The molecule has 2 N–H and O–H groups in total. The van der Waals surface area contributed by atoms with E-state index >= 15 is 0 Å². The van der Waals surface area contributed by atoms with Gasteiger partial charge in [-0.3, -0.25) is 4.79 Å². The molecule has 0 aliphatic carbocycles. The Labute approximate surface area is 106 Å². The van der Waals surface area contributed by atoms with E-state index in [1.165, 1.54) is 12.1 Å². The van der Waals surface area contributed by atoms with E-state index in [0.29, 0.717) is 0 Å². The third kappa shape index (κ3) is 3.57. The van der Waals surface area contributed by atoms with Crippen molar-refractivity contribution in [3.05, 3.63) is 33.6 Å². The zero-order chi connectivity index (χ0) is 13.0. The van der Waals surface area contributed by atoms with E-state index < -0.39 is 17.7 Å². The molecule has 7 heteroatoms. The second-order valence-corrected chi connectivity index (χ2v) is 3.94. The van der Waals surface area contributed by atoms with Crippen molar-refractivity contribution in [2.45, 2.75) is 6.42 Å². The van der Waals surface area contributed by atoms with Gasteiger partial charge < -0.3 is 10.4 Å². The third-order valence-corrected chi connectivity index (χ3v) is 2.56. The molecule has 1 aromatic rings. The summed E-state index contributed by atoms with van der Waals surface area (Å²) in [6.45, 7) is -0.115. The van der Waals surface area contributed by atoms with Crippen LogP contribution in [0.3, 0.4) is 0 Å². The molecule has 0 saturated heterocycles. The average molecular weight is 280 g/mol. The van der Waals surface area contributed by atoms with Crippen LogP contribution in [0.15, 0.2) is 12.1 Å². The molecule has 0 spiro atoms. The van der Waals surface area contributed by atoms with Crippen molar-refractivity contribution in [1.82, 2.24) is 5.32 Å². The zero-order valence-electron chi connectivity index (χ0n) is 8.47. The summed E-state index contributed by atoms with van der Waals surface area (Å²) in [6.07, 6.45) is -1.45. The lowest BCUT2D eigenvalue weighted by molar-refractivity contribution is 0.0979. The van der Waals surface area contributed by atoms with Crippen LogP contribution in [0.2, 0.25) is 10.0 Å². The van der Waals surface area contributed by atoms with Gasteiger partial charge in [-0.15, -0.1) is 0 Å². The van der Waals surface area contributed by atoms with Crippen LogP contribution >= 0.6 is 23.2 Å². The van der Waals surface area contributed by atoms with Crippen molar-refractivity contribution in [2.75, 3.05) is 6.54 Å². The second-order valence-electron chi connectivity index (χ2n) is 3.12. The quantitative estimate of drug-likeness (QED) is 0.658. The summed E-state index contributed by atoms with van der Waals surface area (Å²) in [7, 11) is 0. The number of amides is 1. The largest absolute Gasteiger partial charge is 0.465 e. The number of Topliss-reactive ketones (excluding diaryl/α,β-unsaturated/α-hetero) is 1. The molecule has 0 saturated carbocycles. The first-order valence-electron chi connectivity index (χ1n) is 4.57. The minimum absolute atomic E-state index is 0.0489. The molecule has 0 heterocycles. The van der Waals surface area contributed by atoms with Crippen molar-refractivity contribution in [3.63, 3.8) is 0 Å². The van der Waals surface area contributed by atoms with E-state index in [0.717, 1.165) is 0 Å². The maximum Gasteiger partial charge on any atom is 0.404 e. The molecular weight excluding hydrogens is 272 g/mol. The van der Waals surface area contributed by atoms with Crippen molar-refractivity contribution < 1.29 is 19.1 Å². The maximum atomic E-state index is 13.5. The molecule has 0 bridgehead atoms. The minimum Gasteiger partial charge on any atom is -0.465 e. The molecule has 1 aromatic carbocycles. The summed E-state index contributed by atoms with van der Waals surface area (Å²) in [5.74, 6) is -1.50. The number of carbonyl (C=O) groups is 2. The highest BCUT2D eigenvalue weighted by Crippen LogP contribution is 2.26. The summed E-state index contributed by atoms with van der Waals surface area (Å²) in [4.78, 5) is 21.8. The van der Waals surface area contributed by atoms with Gasteiger partial charge in [-0.05, 0) is 12.1 Å². The number of hydrogen-bond acceptors (Lipinski definition) is 2. The lowest BCUT2D eigenvalue weighted by Crippen LogP contribution is -2.24. The van der Waals surface area contributed by atoms with Gasteiger partial charge >= 0.3 is 6.09 Å². The second kappa shape index (κ2) is 5.84. The average Bonchev–Trinajstić information content (AvgIpc) is 2.23. The van der Waals surface area contributed by atoms with Gasteiger partial charge in [0.15, 0.2) is 11.6 Å². The van der Waals surface area contributed by atoms with Gasteiger partial charge in [0.05, 0.1) is 15.6 Å². The first kappa shape index (κ1) is 13.7. The molecular formula is C10H8Cl2FNO3. The summed E-state index contributed by atoms with van der Waals surface area (Å²) < 4.78 is 13.5. The Kier molecular flexibility index (Phi) is 4.72. The van der Waals surface area contributed by atoms with Crippen LogP contribution in [0.5, 0.6) is 0 Å².